The molecule has 1 fully saturated rings. The Bertz CT molecular complexity index is 377. The highest BCUT2D eigenvalue weighted by Gasteiger charge is 2.26. The molecule has 1 rings (SSSR count). The molecule has 2 unspecified atom stereocenters. The van der Waals surface area contributed by atoms with Crippen LogP contribution in [0.3, 0.4) is 0 Å². The van der Waals surface area contributed by atoms with E-state index in [0.717, 1.165) is 25.7 Å². The number of carbonyl (C=O) groups excluding carboxylic acids is 2. The van der Waals surface area contributed by atoms with E-state index < -0.39 is 12.0 Å². The number of likely N-dealkylation sites (N-methyl/N-ethyl adjacent to an activating group) is 1. The number of hydrogen-bond donors (Lipinski definition) is 2. The van der Waals surface area contributed by atoms with Crippen LogP contribution in [0.2, 0.25) is 0 Å². The summed E-state index contributed by atoms with van der Waals surface area (Å²) in [6.45, 7) is 3.23. The molecule has 0 heterocycles. The maximum atomic E-state index is 11.9. The average Bonchev–Trinajstić information content (AvgIpc) is 2.90. The molecular formula is C14H24N2O4. The van der Waals surface area contributed by atoms with Crippen LogP contribution in [-0.4, -0.2) is 46.9 Å². The van der Waals surface area contributed by atoms with Gasteiger partial charge in [-0.3, -0.25) is 9.59 Å². The van der Waals surface area contributed by atoms with Gasteiger partial charge in [-0.2, -0.15) is 0 Å². The third kappa shape index (κ3) is 4.51. The Morgan fingerprint density at radius 2 is 1.80 bits per heavy atom. The summed E-state index contributed by atoms with van der Waals surface area (Å²) >= 11 is 0. The lowest BCUT2D eigenvalue weighted by atomic mass is 10.1. The van der Waals surface area contributed by atoms with E-state index in [1.54, 1.807) is 6.92 Å². The number of carboxylic acid groups (broad SMARTS) is 1. The van der Waals surface area contributed by atoms with Crippen molar-refractivity contribution in [3.05, 3.63) is 0 Å². The van der Waals surface area contributed by atoms with Crippen LogP contribution in [0.5, 0.6) is 0 Å². The van der Waals surface area contributed by atoms with Gasteiger partial charge in [0, 0.05) is 25.4 Å². The molecular weight excluding hydrogens is 260 g/mol. The van der Waals surface area contributed by atoms with Gasteiger partial charge in [0.05, 0.1) is 0 Å². The Labute approximate surface area is 119 Å². The van der Waals surface area contributed by atoms with Crippen LogP contribution in [0.15, 0.2) is 0 Å². The molecule has 2 N–H and O–H groups in total. The molecule has 0 spiro atoms. The van der Waals surface area contributed by atoms with E-state index in [9.17, 15) is 14.4 Å². The molecule has 1 aliphatic carbocycles. The van der Waals surface area contributed by atoms with Crippen molar-refractivity contribution in [1.29, 1.82) is 0 Å². The molecule has 0 aromatic carbocycles. The molecule has 2 atom stereocenters. The normalized spacial score (nSPS) is 18.4. The summed E-state index contributed by atoms with van der Waals surface area (Å²) in [6, 6.07) is -1.14. The lowest BCUT2D eigenvalue weighted by molar-refractivity contribution is -0.148. The fraction of sp³-hybridized carbons (Fsp3) is 0.786. The van der Waals surface area contributed by atoms with Gasteiger partial charge >= 0.3 is 5.97 Å². The van der Waals surface area contributed by atoms with E-state index in [2.05, 4.69) is 5.32 Å². The zero-order valence-electron chi connectivity index (χ0n) is 12.4. The van der Waals surface area contributed by atoms with Gasteiger partial charge in [-0.05, 0) is 26.7 Å². The second-order valence-corrected chi connectivity index (χ2v) is 5.61. The standard InChI is InChI=1S/C14H24N2O4/c1-9(15-13(18)11-6-4-5-7-11)8-12(17)16(3)10(2)14(19)20/h9-11H,4-8H2,1-3H3,(H,15,18)(H,19,20). The van der Waals surface area contributed by atoms with E-state index in [1.165, 1.54) is 18.9 Å². The first-order valence-corrected chi connectivity index (χ1v) is 7.11. The van der Waals surface area contributed by atoms with Crippen molar-refractivity contribution in [2.24, 2.45) is 5.92 Å². The highest BCUT2D eigenvalue weighted by Crippen LogP contribution is 2.24. The Morgan fingerprint density at radius 3 is 2.30 bits per heavy atom. The van der Waals surface area contributed by atoms with E-state index in [1.807, 2.05) is 0 Å². The van der Waals surface area contributed by atoms with Crippen molar-refractivity contribution in [3.63, 3.8) is 0 Å². The van der Waals surface area contributed by atoms with E-state index in [0.29, 0.717) is 0 Å². The lowest BCUT2D eigenvalue weighted by Crippen LogP contribution is -2.44. The van der Waals surface area contributed by atoms with Crippen LogP contribution in [0.1, 0.15) is 46.0 Å². The summed E-state index contributed by atoms with van der Waals surface area (Å²) in [4.78, 5) is 35.8. The minimum atomic E-state index is -1.04. The second kappa shape index (κ2) is 7.26. The Balaban J connectivity index is 2.40. The Kier molecular flexibility index (Phi) is 5.98. The van der Waals surface area contributed by atoms with Crippen LogP contribution in [0, 0.1) is 5.92 Å². The van der Waals surface area contributed by atoms with Crippen molar-refractivity contribution < 1.29 is 19.5 Å². The zero-order chi connectivity index (χ0) is 15.3. The zero-order valence-corrected chi connectivity index (χ0v) is 12.4. The summed E-state index contributed by atoms with van der Waals surface area (Å²) in [5.41, 5.74) is 0. The second-order valence-electron chi connectivity index (χ2n) is 5.61. The third-order valence-electron chi connectivity index (χ3n) is 3.93. The SMILES string of the molecule is CC(CC(=O)N(C)C(C)C(=O)O)NC(=O)C1CCCC1. The number of carbonyl (C=O) groups is 3. The van der Waals surface area contributed by atoms with E-state index in [4.69, 9.17) is 5.11 Å². The first-order chi connectivity index (χ1) is 9.32. The van der Waals surface area contributed by atoms with Crippen LogP contribution in [0.4, 0.5) is 0 Å². The molecule has 2 amide bonds. The maximum absolute atomic E-state index is 11.9. The highest BCUT2D eigenvalue weighted by molar-refractivity contribution is 5.84. The van der Waals surface area contributed by atoms with Gasteiger partial charge in [0.2, 0.25) is 11.8 Å². The van der Waals surface area contributed by atoms with Crippen molar-refractivity contribution in [3.8, 4) is 0 Å². The summed E-state index contributed by atoms with van der Waals surface area (Å²) in [5, 5.41) is 11.7. The minimum absolute atomic E-state index is 0.0109. The third-order valence-corrected chi connectivity index (χ3v) is 3.93. The molecule has 6 nitrogen and oxygen atoms in total. The van der Waals surface area contributed by atoms with E-state index in [-0.39, 0.29) is 30.2 Å². The predicted octanol–water partition coefficient (Wildman–Crippen LogP) is 1.00. The molecule has 0 aromatic heterocycles. The molecule has 0 radical (unpaired) electrons. The van der Waals surface area contributed by atoms with Gasteiger partial charge in [-0.25, -0.2) is 4.79 Å². The fourth-order valence-electron chi connectivity index (χ4n) is 2.39. The number of amides is 2. The smallest absolute Gasteiger partial charge is 0.326 e. The predicted molar refractivity (Wildman–Crippen MR) is 74.0 cm³/mol. The summed E-state index contributed by atoms with van der Waals surface area (Å²) < 4.78 is 0. The summed E-state index contributed by atoms with van der Waals surface area (Å²) in [7, 11) is 1.46. The highest BCUT2D eigenvalue weighted by atomic mass is 16.4. The van der Waals surface area contributed by atoms with Gasteiger partial charge in [0.1, 0.15) is 6.04 Å². The van der Waals surface area contributed by atoms with Crippen LogP contribution >= 0.6 is 0 Å². The number of nitrogens with one attached hydrogen (secondary N) is 1. The van der Waals surface area contributed by atoms with Gasteiger partial charge in [-0.15, -0.1) is 0 Å². The summed E-state index contributed by atoms with van der Waals surface area (Å²) in [6.07, 6.45) is 4.13. The van der Waals surface area contributed by atoms with Crippen molar-refractivity contribution in [2.45, 2.75) is 58.0 Å². The molecule has 1 aliphatic rings. The van der Waals surface area contributed by atoms with Crippen LogP contribution < -0.4 is 5.32 Å². The molecule has 0 saturated heterocycles. The monoisotopic (exact) mass is 284 g/mol. The number of carboxylic acids is 1. The molecule has 0 aliphatic heterocycles. The molecule has 0 bridgehead atoms. The number of hydrogen-bond acceptors (Lipinski definition) is 3. The molecule has 114 valence electrons. The van der Waals surface area contributed by atoms with Crippen molar-refractivity contribution in [2.75, 3.05) is 7.05 Å². The molecule has 1 saturated carbocycles. The topological polar surface area (TPSA) is 86.7 Å². The van der Waals surface area contributed by atoms with Crippen LogP contribution in [0.25, 0.3) is 0 Å². The number of rotatable bonds is 6. The minimum Gasteiger partial charge on any atom is -0.480 e. The van der Waals surface area contributed by atoms with Gasteiger partial charge in [0.15, 0.2) is 0 Å². The fourth-order valence-corrected chi connectivity index (χ4v) is 2.39. The van der Waals surface area contributed by atoms with Gasteiger partial charge in [0.25, 0.3) is 0 Å². The quantitative estimate of drug-likeness (QED) is 0.762. The van der Waals surface area contributed by atoms with Gasteiger partial charge < -0.3 is 15.3 Å². The number of nitrogens with zero attached hydrogens (tertiary/aromatic N) is 1. The first-order valence-electron chi connectivity index (χ1n) is 7.11. The Morgan fingerprint density at radius 1 is 1.25 bits per heavy atom. The number of aliphatic carboxylic acids is 1. The largest absolute Gasteiger partial charge is 0.480 e. The van der Waals surface area contributed by atoms with Crippen molar-refractivity contribution >= 4 is 17.8 Å². The lowest BCUT2D eigenvalue weighted by Gasteiger charge is -2.24. The molecule has 20 heavy (non-hydrogen) atoms. The summed E-state index contributed by atoms with van der Waals surface area (Å²) in [5.74, 6) is -1.23. The average molecular weight is 284 g/mol. The van der Waals surface area contributed by atoms with Crippen LogP contribution in [-0.2, 0) is 14.4 Å². The Hall–Kier alpha value is -1.59. The van der Waals surface area contributed by atoms with Gasteiger partial charge in [-0.1, -0.05) is 12.8 Å². The molecule has 0 aromatic rings. The first kappa shape index (κ1) is 16.5. The molecule has 6 heteroatoms. The maximum Gasteiger partial charge on any atom is 0.326 e. The van der Waals surface area contributed by atoms with Crippen molar-refractivity contribution in [1.82, 2.24) is 10.2 Å². The van der Waals surface area contributed by atoms with E-state index >= 15 is 0 Å².